The van der Waals surface area contributed by atoms with Crippen LogP contribution >= 0.6 is 11.8 Å². The molecule has 5 nitrogen and oxygen atoms in total. The number of rotatable bonds is 5. The van der Waals surface area contributed by atoms with Crippen LogP contribution < -0.4 is 10.2 Å². The number of thioether (sulfide) groups is 1. The van der Waals surface area contributed by atoms with Crippen molar-refractivity contribution >= 4 is 35.0 Å². The fourth-order valence-corrected chi connectivity index (χ4v) is 3.63. The molecule has 0 aromatic heterocycles. The van der Waals surface area contributed by atoms with E-state index in [9.17, 15) is 9.59 Å². The smallest absolute Gasteiger partial charge is 0.338 e. The van der Waals surface area contributed by atoms with E-state index in [0.717, 1.165) is 22.0 Å². The van der Waals surface area contributed by atoms with E-state index in [-0.39, 0.29) is 18.4 Å². The molecule has 0 saturated heterocycles. The highest BCUT2D eigenvalue weighted by molar-refractivity contribution is 7.99. The summed E-state index contributed by atoms with van der Waals surface area (Å²) >= 11 is 1.77. The molecule has 0 fully saturated rings. The molecule has 2 aromatic carbocycles. The van der Waals surface area contributed by atoms with Crippen molar-refractivity contribution in [2.45, 2.75) is 11.8 Å². The Morgan fingerprint density at radius 3 is 2.68 bits per heavy atom. The number of fused-ring (bicyclic) bond motifs is 1. The standard InChI is InChI=1S/C19H20N2O3S/c1-2-24-19(23)14-7-9-15(10-8-14)20-13-18(22)21-11-12-25-17-6-4-3-5-16(17)21/h3-10,20H,2,11-13H2,1H3. The summed E-state index contributed by atoms with van der Waals surface area (Å²) < 4.78 is 4.96. The van der Waals surface area contributed by atoms with E-state index in [0.29, 0.717) is 18.7 Å². The van der Waals surface area contributed by atoms with Gasteiger partial charge >= 0.3 is 5.97 Å². The zero-order chi connectivity index (χ0) is 17.6. The molecule has 130 valence electrons. The Hall–Kier alpha value is -2.47. The predicted octanol–water partition coefficient (Wildman–Crippen LogP) is 3.41. The van der Waals surface area contributed by atoms with Gasteiger partial charge in [-0.1, -0.05) is 12.1 Å². The third kappa shape index (κ3) is 4.14. The quantitative estimate of drug-likeness (QED) is 0.832. The van der Waals surface area contributed by atoms with Crippen LogP contribution in [-0.2, 0) is 9.53 Å². The molecule has 6 heteroatoms. The first-order valence-corrected chi connectivity index (χ1v) is 9.21. The molecule has 0 radical (unpaired) electrons. The van der Waals surface area contributed by atoms with Gasteiger partial charge in [-0.3, -0.25) is 4.79 Å². The number of carbonyl (C=O) groups excluding carboxylic acids is 2. The molecular formula is C19H20N2O3S. The molecule has 1 heterocycles. The monoisotopic (exact) mass is 356 g/mol. The third-order valence-electron chi connectivity index (χ3n) is 3.87. The normalized spacial score (nSPS) is 13.1. The van der Waals surface area contributed by atoms with Crippen molar-refractivity contribution in [2.75, 3.05) is 35.7 Å². The Balaban J connectivity index is 1.61. The number of nitrogens with zero attached hydrogens (tertiary/aromatic N) is 1. The van der Waals surface area contributed by atoms with Crippen molar-refractivity contribution in [3.05, 3.63) is 54.1 Å². The van der Waals surface area contributed by atoms with Gasteiger partial charge in [0.15, 0.2) is 0 Å². The molecule has 0 unspecified atom stereocenters. The van der Waals surface area contributed by atoms with E-state index in [4.69, 9.17) is 4.74 Å². The second kappa shape index (κ2) is 8.07. The maximum Gasteiger partial charge on any atom is 0.338 e. The van der Waals surface area contributed by atoms with Crippen molar-refractivity contribution in [3.63, 3.8) is 0 Å². The third-order valence-corrected chi connectivity index (χ3v) is 4.91. The van der Waals surface area contributed by atoms with Crippen LogP contribution in [0.2, 0.25) is 0 Å². The molecule has 2 aromatic rings. The first-order chi connectivity index (χ1) is 12.2. The maximum absolute atomic E-state index is 12.6. The number of esters is 1. The van der Waals surface area contributed by atoms with Crippen molar-refractivity contribution < 1.29 is 14.3 Å². The molecule has 0 atom stereocenters. The molecule has 0 aliphatic carbocycles. The maximum atomic E-state index is 12.6. The number of hydrogen-bond acceptors (Lipinski definition) is 5. The van der Waals surface area contributed by atoms with E-state index < -0.39 is 0 Å². The molecule has 1 aliphatic rings. The summed E-state index contributed by atoms with van der Waals surface area (Å²) in [5, 5.41) is 3.12. The van der Waals surface area contributed by atoms with Crippen molar-refractivity contribution in [1.29, 1.82) is 0 Å². The molecule has 1 amide bonds. The second-order valence-electron chi connectivity index (χ2n) is 5.51. The lowest BCUT2D eigenvalue weighted by molar-refractivity contribution is -0.117. The van der Waals surface area contributed by atoms with Crippen LogP contribution in [0.1, 0.15) is 17.3 Å². The summed E-state index contributed by atoms with van der Waals surface area (Å²) in [4.78, 5) is 27.2. The lowest BCUT2D eigenvalue weighted by Crippen LogP contribution is -2.39. The van der Waals surface area contributed by atoms with Gasteiger partial charge in [0.05, 0.1) is 24.4 Å². The Kier molecular flexibility index (Phi) is 5.60. The SMILES string of the molecule is CCOC(=O)c1ccc(NCC(=O)N2CCSc3ccccc32)cc1. The van der Waals surface area contributed by atoms with Crippen LogP contribution in [0.5, 0.6) is 0 Å². The van der Waals surface area contributed by atoms with Crippen molar-refractivity contribution in [3.8, 4) is 0 Å². The highest BCUT2D eigenvalue weighted by Crippen LogP contribution is 2.34. The van der Waals surface area contributed by atoms with Crippen molar-refractivity contribution in [1.82, 2.24) is 0 Å². The second-order valence-corrected chi connectivity index (χ2v) is 6.65. The highest BCUT2D eigenvalue weighted by atomic mass is 32.2. The summed E-state index contributed by atoms with van der Waals surface area (Å²) in [6, 6.07) is 14.9. The first-order valence-electron chi connectivity index (χ1n) is 8.22. The van der Waals surface area contributed by atoms with Gasteiger partial charge in [0.25, 0.3) is 0 Å². The molecule has 1 N–H and O–H groups in total. The van der Waals surface area contributed by atoms with Gasteiger partial charge in [0, 0.05) is 22.9 Å². The Morgan fingerprint density at radius 2 is 1.92 bits per heavy atom. The number of anilines is 2. The lowest BCUT2D eigenvalue weighted by Gasteiger charge is -2.29. The zero-order valence-electron chi connectivity index (χ0n) is 14.0. The topological polar surface area (TPSA) is 58.6 Å². The van der Waals surface area contributed by atoms with Gasteiger partial charge in [0.1, 0.15) is 0 Å². The van der Waals surface area contributed by atoms with Crippen LogP contribution in [0.4, 0.5) is 11.4 Å². The molecular weight excluding hydrogens is 336 g/mol. The zero-order valence-corrected chi connectivity index (χ0v) is 14.8. The van der Waals surface area contributed by atoms with Gasteiger partial charge in [-0.15, -0.1) is 11.8 Å². The summed E-state index contributed by atoms with van der Waals surface area (Å²) in [5.41, 5.74) is 2.27. The Labute approximate surface area is 151 Å². The van der Waals surface area contributed by atoms with Crippen LogP contribution in [-0.4, -0.2) is 37.3 Å². The lowest BCUT2D eigenvalue weighted by atomic mass is 10.2. The minimum Gasteiger partial charge on any atom is -0.462 e. The number of carbonyl (C=O) groups is 2. The summed E-state index contributed by atoms with van der Waals surface area (Å²) in [6.07, 6.45) is 0. The number of para-hydroxylation sites is 1. The summed E-state index contributed by atoms with van der Waals surface area (Å²) in [5.74, 6) is 0.589. The van der Waals surface area contributed by atoms with Crippen LogP contribution in [0.15, 0.2) is 53.4 Å². The fourth-order valence-electron chi connectivity index (χ4n) is 2.64. The fraction of sp³-hybridized carbons (Fsp3) is 0.263. The number of benzene rings is 2. The highest BCUT2D eigenvalue weighted by Gasteiger charge is 2.22. The molecule has 25 heavy (non-hydrogen) atoms. The molecule has 0 spiro atoms. The van der Waals surface area contributed by atoms with Gasteiger partial charge in [-0.25, -0.2) is 4.79 Å². The number of ether oxygens (including phenoxy) is 1. The predicted molar refractivity (Wildman–Crippen MR) is 100 cm³/mol. The molecule has 0 saturated carbocycles. The number of amides is 1. The van der Waals surface area contributed by atoms with Gasteiger partial charge < -0.3 is 15.0 Å². The van der Waals surface area contributed by atoms with E-state index in [1.54, 1.807) is 43.0 Å². The number of hydrogen-bond donors (Lipinski definition) is 1. The van der Waals surface area contributed by atoms with Gasteiger partial charge in [0.2, 0.25) is 5.91 Å². The summed E-state index contributed by atoms with van der Waals surface area (Å²) in [7, 11) is 0. The molecule has 1 aliphatic heterocycles. The van der Waals surface area contributed by atoms with Gasteiger partial charge in [-0.05, 0) is 43.3 Å². The largest absolute Gasteiger partial charge is 0.462 e. The molecule has 3 rings (SSSR count). The van der Waals surface area contributed by atoms with Gasteiger partial charge in [-0.2, -0.15) is 0 Å². The van der Waals surface area contributed by atoms with Crippen molar-refractivity contribution in [2.24, 2.45) is 0 Å². The van der Waals surface area contributed by atoms with Crippen LogP contribution in [0.25, 0.3) is 0 Å². The average molecular weight is 356 g/mol. The van der Waals surface area contributed by atoms with E-state index in [2.05, 4.69) is 5.32 Å². The average Bonchev–Trinajstić information content (AvgIpc) is 2.66. The van der Waals surface area contributed by atoms with E-state index in [1.165, 1.54) is 0 Å². The minimum absolute atomic E-state index is 0.0298. The Bertz CT molecular complexity index is 762. The van der Waals surface area contributed by atoms with Crippen LogP contribution in [0, 0.1) is 0 Å². The van der Waals surface area contributed by atoms with E-state index >= 15 is 0 Å². The Morgan fingerprint density at radius 1 is 1.16 bits per heavy atom. The van der Waals surface area contributed by atoms with Crippen LogP contribution in [0.3, 0.4) is 0 Å². The first kappa shape index (κ1) is 17.4. The number of nitrogens with one attached hydrogen (secondary N) is 1. The van der Waals surface area contributed by atoms with E-state index in [1.807, 2.05) is 29.2 Å². The molecule has 0 bridgehead atoms. The minimum atomic E-state index is -0.340. The summed E-state index contributed by atoms with van der Waals surface area (Å²) in [6.45, 7) is 3.04.